The van der Waals surface area contributed by atoms with Crippen molar-refractivity contribution in [1.29, 1.82) is 0 Å². The van der Waals surface area contributed by atoms with E-state index in [2.05, 4.69) is 11.6 Å². The van der Waals surface area contributed by atoms with Gasteiger partial charge in [-0.05, 0) is 36.3 Å². The Morgan fingerprint density at radius 3 is 2.82 bits per heavy atom. The third kappa shape index (κ3) is 2.35. The van der Waals surface area contributed by atoms with Crippen molar-refractivity contribution in [2.24, 2.45) is 0 Å². The van der Waals surface area contributed by atoms with Crippen molar-refractivity contribution in [1.82, 2.24) is 4.98 Å². The second-order valence-electron chi connectivity index (χ2n) is 4.04. The van der Waals surface area contributed by atoms with Gasteiger partial charge < -0.3 is 9.84 Å². The summed E-state index contributed by atoms with van der Waals surface area (Å²) in [6, 6.07) is 7.57. The van der Waals surface area contributed by atoms with Crippen LogP contribution < -0.4 is 0 Å². The Bertz CT molecular complexity index is 563. The molecule has 2 aromatic rings. The molecular weight excluding hydrogens is 214 g/mol. The molecule has 1 N–H and O–H groups in total. The molecule has 0 aliphatic heterocycles. The fraction of sp³-hybridized carbons (Fsp3) is 0.214. The lowest BCUT2D eigenvalue weighted by molar-refractivity contribution is -0.0768. The average Bonchev–Trinajstić information content (AvgIpc) is 2.36. The van der Waals surface area contributed by atoms with Gasteiger partial charge in [-0.1, -0.05) is 12.6 Å². The summed E-state index contributed by atoms with van der Waals surface area (Å²) in [5, 5.41) is 10.6. The van der Waals surface area contributed by atoms with Crippen molar-refractivity contribution >= 4 is 16.5 Å². The smallest absolute Gasteiger partial charge is 0.180 e. The van der Waals surface area contributed by atoms with Gasteiger partial charge in [0.15, 0.2) is 6.29 Å². The van der Waals surface area contributed by atoms with E-state index in [0.717, 1.165) is 27.6 Å². The van der Waals surface area contributed by atoms with Gasteiger partial charge in [0.25, 0.3) is 0 Å². The summed E-state index contributed by atoms with van der Waals surface area (Å²) in [6.45, 7) is 5.83. The van der Waals surface area contributed by atoms with Crippen molar-refractivity contribution in [3.8, 4) is 0 Å². The molecule has 1 unspecified atom stereocenters. The van der Waals surface area contributed by atoms with Gasteiger partial charge in [0.1, 0.15) is 0 Å². The van der Waals surface area contributed by atoms with Crippen LogP contribution in [-0.2, 0) is 4.74 Å². The van der Waals surface area contributed by atoms with Gasteiger partial charge in [-0.15, -0.1) is 0 Å². The highest BCUT2D eigenvalue weighted by molar-refractivity contribution is 5.82. The molecule has 0 saturated heterocycles. The predicted molar refractivity (Wildman–Crippen MR) is 68.4 cm³/mol. The van der Waals surface area contributed by atoms with Crippen molar-refractivity contribution in [2.75, 3.05) is 7.11 Å². The Morgan fingerprint density at radius 1 is 1.41 bits per heavy atom. The number of rotatable bonds is 3. The summed E-state index contributed by atoms with van der Waals surface area (Å²) in [7, 11) is 1.47. The van der Waals surface area contributed by atoms with Crippen molar-refractivity contribution in [2.45, 2.75) is 13.2 Å². The SMILES string of the molecule is C=C(C)c1cnc2ccc(C(O)OC)cc2c1. The number of aliphatic hydroxyl groups excluding tert-OH is 1. The number of fused-ring (bicyclic) bond motifs is 1. The summed E-state index contributed by atoms with van der Waals surface area (Å²) in [4.78, 5) is 4.35. The number of allylic oxidation sites excluding steroid dienone is 1. The van der Waals surface area contributed by atoms with Gasteiger partial charge in [-0.25, -0.2) is 0 Å². The standard InChI is InChI=1S/C14H15NO2/c1-9(2)12-7-11-6-10(14(16)17-3)4-5-13(11)15-8-12/h4-8,14,16H,1H2,2-3H3. The number of ether oxygens (including phenoxy) is 1. The maximum atomic E-state index is 9.61. The molecule has 17 heavy (non-hydrogen) atoms. The monoisotopic (exact) mass is 229 g/mol. The van der Waals surface area contributed by atoms with Crippen LogP contribution in [0.5, 0.6) is 0 Å². The number of benzene rings is 1. The molecule has 88 valence electrons. The van der Waals surface area contributed by atoms with E-state index in [1.54, 1.807) is 6.20 Å². The molecule has 1 aromatic heterocycles. The lowest BCUT2D eigenvalue weighted by Crippen LogP contribution is -1.99. The molecule has 0 fully saturated rings. The minimum atomic E-state index is -0.895. The van der Waals surface area contributed by atoms with Crippen LogP contribution in [0.4, 0.5) is 0 Å². The molecular formula is C14H15NO2. The van der Waals surface area contributed by atoms with E-state index in [1.165, 1.54) is 7.11 Å². The Balaban J connectivity index is 2.54. The Labute approximate surface area is 100 Å². The summed E-state index contributed by atoms with van der Waals surface area (Å²) >= 11 is 0. The first-order valence-corrected chi connectivity index (χ1v) is 5.38. The number of pyridine rings is 1. The zero-order valence-corrected chi connectivity index (χ0v) is 9.97. The molecule has 0 amide bonds. The zero-order chi connectivity index (χ0) is 12.4. The largest absolute Gasteiger partial charge is 0.364 e. The summed E-state index contributed by atoms with van der Waals surface area (Å²) in [5.74, 6) is 0. The van der Waals surface area contributed by atoms with E-state index in [1.807, 2.05) is 31.2 Å². The quantitative estimate of drug-likeness (QED) is 0.823. The van der Waals surface area contributed by atoms with E-state index in [9.17, 15) is 5.11 Å². The van der Waals surface area contributed by atoms with E-state index in [0.29, 0.717) is 0 Å². The van der Waals surface area contributed by atoms with E-state index < -0.39 is 6.29 Å². The van der Waals surface area contributed by atoms with Gasteiger partial charge in [-0.2, -0.15) is 0 Å². The fourth-order valence-electron chi connectivity index (χ4n) is 1.67. The molecule has 1 heterocycles. The molecule has 3 nitrogen and oxygen atoms in total. The van der Waals surface area contributed by atoms with E-state index in [4.69, 9.17) is 4.74 Å². The molecule has 0 spiro atoms. The van der Waals surface area contributed by atoms with Crippen LogP contribution in [0.3, 0.4) is 0 Å². The third-order valence-corrected chi connectivity index (χ3v) is 2.71. The van der Waals surface area contributed by atoms with Gasteiger partial charge in [0, 0.05) is 24.3 Å². The Kier molecular flexibility index (Phi) is 3.22. The first-order valence-electron chi connectivity index (χ1n) is 5.38. The Hall–Kier alpha value is -1.71. The highest BCUT2D eigenvalue weighted by Crippen LogP contribution is 2.22. The minimum Gasteiger partial charge on any atom is -0.364 e. The van der Waals surface area contributed by atoms with Gasteiger partial charge >= 0.3 is 0 Å². The zero-order valence-electron chi connectivity index (χ0n) is 9.97. The molecule has 0 aliphatic rings. The van der Waals surface area contributed by atoms with Crippen LogP contribution in [0.25, 0.3) is 16.5 Å². The van der Waals surface area contributed by atoms with Gasteiger partial charge in [-0.3, -0.25) is 4.98 Å². The first kappa shape index (κ1) is 11.8. The topological polar surface area (TPSA) is 42.4 Å². The number of hydrogen-bond donors (Lipinski definition) is 1. The molecule has 0 aliphatic carbocycles. The second kappa shape index (κ2) is 4.65. The molecule has 1 atom stereocenters. The first-order chi connectivity index (χ1) is 8.11. The fourth-order valence-corrected chi connectivity index (χ4v) is 1.67. The van der Waals surface area contributed by atoms with Gasteiger partial charge in [0.2, 0.25) is 0 Å². The lowest BCUT2D eigenvalue weighted by Gasteiger charge is -2.10. The number of nitrogens with zero attached hydrogens (tertiary/aromatic N) is 1. The average molecular weight is 229 g/mol. The van der Waals surface area contributed by atoms with Gasteiger partial charge in [0.05, 0.1) is 5.52 Å². The molecule has 0 bridgehead atoms. The number of aromatic nitrogens is 1. The molecule has 0 saturated carbocycles. The third-order valence-electron chi connectivity index (χ3n) is 2.71. The summed E-state index contributed by atoms with van der Waals surface area (Å²) in [5.41, 5.74) is 3.58. The van der Waals surface area contributed by atoms with Crippen molar-refractivity contribution < 1.29 is 9.84 Å². The number of methoxy groups -OCH3 is 1. The van der Waals surface area contributed by atoms with E-state index in [-0.39, 0.29) is 0 Å². The predicted octanol–water partition coefficient (Wildman–Crippen LogP) is 2.91. The molecule has 0 radical (unpaired) electrons. The highest BCUT2D eigenvalue weighted by atomic mass is 16.6. The minimum absolute atomic E-state index is 0.723. The van der Waals surface area contributed by atoms with E-state index >= 15 is 0 Å². The summed E-state index contributed by atoms with van der Waals surface area (Å²) < 4.78 is 4.88. The molecule has 2 rings (SSSR count). The maximum Gasteiger partial charge on any atom is 0.180 e. The van der Waals surface area contributed by atoms with Crippen LogP contribution in [0.2, 0.25) is 0 Å². The molecule has 1 aromatic carbocycles. The number of aliphatic hydroxyl groups is 1. The van der Waals surface area contributed by atoms with Crippen molar-refractivity contribution in [3.63, 3.8) is 0 Å². The number of hydrogen-bond acceptors (Lipinski definition) is 3. The molecule has 3 heteroatoms. The Morgan fingerprint density at radius 2 is 2.18 bits per heavy atom. The van der Waals surface area contributed by atoms with Crippen LogP contribution in [0.15, 0.2) is 37.0 Å². The van der Waals surface area contributed by atoms with Crippen LogP contribution in [-0.4, -0.2) is 17.2 Å². The van der Waals surface area contributed by atoms with Crippen LogP contribution in [0.1, 0.15) is 24.3 Å². The van der Waals surface area contributed by atoms with Crippen LogP contribution in [0, 0.1) is 0 Å². The second-order valence-corrected chi connectivity index (χ2v) is 4.04. The lowest BCUT2D eigenvalue weighted by atomic mass is 10.1. The maximum absolute atomic E-state index is 9.61. The normalized spacial score (nSPS) is 12.6. The highest BCUT2D eigenvalue weighted by Gasteiger charge is 2.07. The van der Waals surface area contributed by atoms with Crippen molar-refractivity contribution in [3.05, 3.63) is 48.2 Å². The summed E-state index contributed by atoms with van der Waals surface area (Å²) in [6.07, 6.45) is 0.907. The van der Waals surface area contributed by atoms with Crippen LogP contribution >= 0.6 is 0 Å².